The first-order chi connectivity index (χ1) is 10.9. The third-order valence-electron chi connectivity index (χ3n) is 3.94. The Morgan fingerprint density at radius 1 is 1.30 bits per heavy atom. The number of piperidine rings is 1. The molecule has 0 amide bonds. The monoisotopic (exact) mass is 375 g/mol. The molecule has 126 valence electrons. The number of terminal acetylenes is 1. The minimum atomic E-state index is -3.61. The van der Waals surface area contributed by atoms with Gasteiger partial charge in [0.05, 0.1) is 11.6 Å². The minimum absolute atomic E-state index is 0.114. The Balaban J connectivity index is 2.08. The third kappa shape index (κ3) is 4.40. The summed E-state index contributed by atoms with van der Waals surface area (Å²) in [6.45, 7) is 3.51. The van der Waals surface area contributed by atoms with Crippen molar-refractivity contribution >= 4 is 33.2 Å². The second-order valence-corrected chi connectivity index (χ2v) is 8.32. The van der Waals surface area contributed by atoms with Gasteiger partial charge >= 0.3 is 0 Å². The molecule has 1 heterocycles. The lowest BCUT2D eigenvalue weighted by molar-refractivity contribution is 0.101. The molecule has 2 rings (SSSR count). The molecule has 1 aliphatic heterocycles. The number of benzene rings is 1. The molecule has 1 aromatic carbocycles. The summed E-state index contributed by atoms with van der Waals surface area (Å²) in [6.07, 6.45) is 6.63. The molecule has 1 saturated heterocycles. The zero-order valence-electron chi connectivity index (χ0n) is 12.9. The first kappa shape index (κ1) is 18.6. The lowest BCUT2D eigenvalue weighted by Crippen LogP contribution is -2.39. The molecule has 0 saturated carbocycles. The van der Waals surface area contributed by atoms with Crippen LogP contribution in [0.15, 0.2) is 17.0 Å². The van der Waals surface area contributed by atoms with Crippen LogP contribution in [0.2, 0.25) is 10.0 Å². The predicted molar refractivity (Wildman–Crippen MR) is 92.3 cm³/mol. The number of nitrogens with zero attached hydrogens (tertiary/aromatic N) is 1. The number of ether oxygens (including phenoxy) is 1. The van der Waals surface area contributed by atoms with E-state index in [4.69, 9.17) is 34.4 Å². The topological polar surface area (TPSA) is 46.6 Å². The molecule has 0 unspecified atom stereocenters. The van der Waals surface area contributed by atoms with Gasteiger partial charge in [0.15, 0.2) is 0 Å². The first-order valence-corrected chi connectivity index (χ1v) is 9.53. The average Bonchev–Trinajstić information content (AvgIpc) is 2.51. The standard InChI is InChI=1S/C16H19Cl2NO3S/c1-3-8-22-11-13-4-6-19(7-5-13)23(20,21)16-9-12(2)14(17)10-15(16)18/h1,9-10,13H,4-8,11H2,2H3. The third-order valence-corrected chi connectivity index (χ3v) is 6.71. The quantitative estimate of drug-likeness (QED) is 0.585. The molecule has 1 fully saturated rings. The smallest absolute Gasteiger partial charge is 0.244 e. The summed E-state index contributed by atoms with van der Waals surface area (Å²) in [5.74, 6) is 2.75. The summed E-state index contributed by atoms with van der Waals surface area (Å²) in [6, 6.07) is 3.01. The summed E-state index contributed by atoms with van der Waals surface area (Å²) in [4.78, 5) is 0.114. The maximum absolute atomic E-state index is 12.8. The van der Waals surface area contributed by atoms with Crippen molar-refractivity contribution in [3.05, 3.63) is 27.7 Å². The van der Waals surface area contributed by atoms with Crippen molar-refractivity contribution in [1.82, 2.24) is 4.31 Å². The second-order valence-electron chi connectivity index (χ2n) is 5.60. The molecular formula is C16H19Cl2NO3S. The SMILES string of the molecule is C#CCOCC1CCN(S(=O)(=O)c2cc(C)c(Cl)cc2Cl)CC1. The van der Waals surface area contributed by atoms with Crippen molar-refractivity contribution in [3.63, 3.8) is 0 Å². The summed E-state index contributed by atoms with van der Waals surface area (Å²) in [5.41, 5.74) is 0.687. The molecule has 0 aromatic heterocycles. The van der Waals surface area contributed by atoms with E-state index < -0.39 is 10.0 Å². The molecule has 4 nitrogen and oxygen atoms in total. The molecule has 0 aliphatic carbocycles. The number of hydrogen-bond acceptors (Lipinski definition) is 3. The van der Waals surface area contributed by atoms with Crippen LogP contribution in [0.3, 0.4) is 0 Å². The van der Waals surface area contributed by atoms with Crippen molar-refractivity contribution in [1.29, 1.82) is 0 Å². The number of sulfonamides is 1. The van der Waals surface area contributed by atoms with Gasteiger partial charge in [-0.1, -0.05) is 29.1 Å². The van der Waals surface area contributed by atoms with E-state index in [0.29, 0.717) is 36.2 Å². The first-order valence-electron chi connectivity index (χ1n) is 7.33. The highest BCUT2D eigenvalue weighted by atomic mass is 35.5. The van der Waals surface area contributed by atoms with Crippen LogP contribution in [-0.2, 0) is 14.8 Å². The number of halogens is 2. The van der Waals surface area contributed by atoms with Crippen LogP contribution in [0.5, 0.6) is 0 Å². The molecular weight excluding hydrogens is 357 g/mol. The second kappa shape index (κ2) is 7.87. The maximum Gasteiger partial charge on any atom is 0.244 e. The van der Waals surface area contributed by atoms with Crippen molar-refractivity contribution < 1.29 is 13.2 Å². The highest BCUT2D eigenvalue weighted by Gasteiger charge is 2.31. The van der Waals surface area contributed by atoms with Crippen LogP contribution < -0.4 is 0 Å². The zero-order valence-corrected chi connectivity index (χ0v) is 15.2. The van der Waals surface area contributed by atoms with E-state index in [-0.39, 0.29) is 16.5 Å². The minimum Gasteiger partial charge on any atom is -0.369 e. The van der Waals surface area contributed by atoms with Gasteiger partial charge in [-0.3, -0.25) is 0 Å². The van der Waals surface area contributed by atoms with E-state index in [1.807, 2.05) is 0 Å². The Morgan fingerprint density at radius 3 is 2.57 bits per heavy atom. The van der Waals surface area contributed by atoms with Crippen molar-refractivity contribution in [2.75, 3.05) is 26.3 Å². The summed E-state index contributed by atoms with van der Waals surface area (Å²) in [7, 11) is -3.61. The summed E-state index contributed by atoms with van der Waals surface area (Å²) >= 11 is 12.1. The highest BCUT2D eigenvalue weighted by Crippen LogP contribution is 2.32. The molecule has 0 N–H and O–H groups in total. The maximum atomic E-state index is 12.8. The van der Waals surface area contributed by atoms with Crippen LogP contribution in [0.1, 0.15) is 18.4 Å². The number of hydrogen-bond donors (Lipinski definition) is 0. The van der Waals surface area contributed by atoms with Gasteiger partial charge in [0.25, 0.3) is 0 Å². The van der Waals surface area contributed by atoms with Gasteiger partial charge in [-0.15, -0.1) is 6.42 Å². The molecule has 7 heteroatoms. The van der Waals surface area contributed by atoms with E-state index in [9.17, 15) is 8.42 Å². The lowest BCUT2D eigenvalue weighted by atomic mass is 9.99. The van der Waals surface area contributed by atoms with E-state index in [1.165, 1.54) is 16.4 Å². The molecule has 1 aromatic rings. The normalized spacial score (nSPS) is 17.1. The molecule has 23 heavy (non-hydrogen) atoms. The Morgan fingerprint density at radius 2 is 1.96 bits per heavy atom. The Bertz CT molecular complexity index is 705. The van der Waals surface area contributed by atoms with Gasteiger partial charge < -0.3 is 4.74 Å². The highest BCUT2D eigenvalue weighted by molar-refractivity contribution is 7.89. The van der Waals surface area contributed by atoms with Gasteiger partial charge in [0.1, 0.15) is 11.5 Å². The van der Waals surface area contributed by atoms with Gasteiger partial charge in [-0.05, 0) is 43.4 Å². The number of aryl methyl sites for hydroxylation is 1. The fourth-order valence-electron chi connectivity index (χ4n) is 2.57. The summed E-state index contributed by atoms with van der Waals surface area (Å²) in [5, 5.41) is 0.610. The van der Waals surface area contributed by atoms with Crippen LogP contribution in [-0.4, -0.2) is 39.0 Å². The van der Waals surface area contributed by atoms with Crippen LogP contribution in [0, 0.1) is 25.2 Å². The van der Waals surface area contributed by atoms with Crippen molar-refractivity contribution in [3.8, 4) is 12.3 Å². The fraction of sp³-hybridized carbons (Fsp3) is 0.500. The molecule has 1 aliphatic rings. The van der Waals surface area contributed by atoms with E-state index in [1.54, 1.807) is 6.92 Å². The molecule has 0 spiro atoms. The summed E-state index contributed by atoms with van der Waals surface area (Å²) < 4.78 is 32.4. The Hall–Kier alpha value is -0.770. The van der Waals surface area contributed by atoms with Crippen LogP contribution in [0.25, 0.3) is 0 Å². The Kier molecular flexibility index (Phi) is 6.35. The molecule has 0 bridgehead atoms. The van der Waals surface area contributed by atoms with Crippen LogP contribution in [0.4, 0.5) is 0 Å². The van der Waals surface area contributed by atoms with Gasteiger partial charge in [0.2, 0.25) is 10.0 Å². The average molecular weight is 376 g/mol. The lowest BCUT2D eigenvalue weighted by Gasteiger charge is -2.31. The predicted octanol–water partition coefficient (Wildman–Crippen LogP) is 3.35. The Labute approximate surface area is 147 Å². The van der Waals surface area contributed by atoms with Crippen molar-refractivity contribution in [2.24, 2.45) is 5.92 Å². The van der Waals surface area contributed by atoms with E-state index in [0.717, 1.165) is 12.8 Å². The number of rotatable bonds is 5. The van der Waals surface area contributed by atoms with Gasteiger partial charge in [-0.25, -0.2) is 8.42 Å². The largest absolute Gasteiger partial charge is 0.369 e. The van der Waals surface area contributed by atoms with Gasteiger partial charge in [-0.2, -0.15) is 4.31 Å². The van der Waals surface area contributed by atoms with Crippen LogP contribution >= 0.6 is 23.2 Å². The fourth-order valence-corrected chi connectivity index (χ4v) is 4.84. The van der Waals surface area contributed by atoms with E-state index >= 15 is 0 Å². The van der Waals surface area contributed by atoms with Gasteiger partial charge in [0, 0.05) is 18.1 Å². The molecule has 0 atom stereocenters. The van der Waals surface area contributed by atoms with Crippen molar-refractivity contribution in [2.45, 2.75) is 24.7 Å². The zero-order chi connectivity index (χ0) is 17.0. The molecule has 0 radical (unpaired) electrons. The van der Waals surface area contributed by atoms with E-state index in [2.05, 4.69) is 5.92 Å².